The van der Waals surface area contributed by atoms with Crippen molar-refractivity contribution in [2.75, 3.05) is 70.3 Å². The highest BCUT2D eigenvalue weighted by Gasteiger charge is 2.51. The molecule has 286 valence electrons. The molecule has 4 fully saturated rings. The van der Waals surface area contributed by atoms with Crippen molar-refractivity contribution in [2.24, 2.45) is 0 Å². The fourth-order valence-electron chi connectivity index (χ4n) is 7.92. The van der Waals surface area contributed by atoms with E-state index >= 15 is 8.78 Å². The van der Waals surface area contributed by atoms with Gasteiger partial charge < -0.3 is 30.0 Å². The number of fused-ring (bicyclic) bond motifs is 1. The Balaban J connectivity index is 1.15. The number of phenols is 1. The van der Waals surface area contributed by atoms with Gasteiger partial charge in [0, 0.05) is 82.5 Å². The van der Waals surface area contributed by atoms with Gasteiger partial charge in [-0.15, -0.1) is 6.58 Å². The lowest BCUT2D eigenvalue weighted by Gasteiger charge is -2.55. The number of anilines is 1. The molecule has 2 atom stereocenters. The van der Waals surface area contributed by atoms with Gasteiger partial charge in [0.2, 0.25) is 11.8 Å². The monoisotopic (exact) mass is 743 g/mol. The van der Waals surface area contributed by atoms with Crippen LogP contribution in [0.3, 0.4) is 0 Å². The number of phenolic OH excluding ortho intramolecular Hbond substituents is 1. The van der Waals surface area contributed by atoms with Gasteiger partial charge in [-0.05, 0) is 24.2 Å². The van der Waals surface area contributed by atoms with Crippen LogP contribution in [0.5, 0.6) is 5.75 Å². The summed E-state index contributed by atoms with van der Waals surface area (Å²) < 4.78 is 30.4. The van der Waals surface area contributed by atoms with Crippen molar-refractivity contribution in [1.29, 1.82) is 0 Å². The number of hydrogen-bond donors (Lipinski definition) is 2. The number of nitrogens with one attached hydrogen (secondary N) is 1. The van der Waals surface area contributed by atoms with Gasteiger partial charge in [-0.1, -0.05) is 49.4 Å². The van der Waals surface area contributed by atoms with E-state index in [-0.39, 0.29) is 32.7 Å². The highest BCUT2D eigenvalue weighted by molar-refractivity contribution is 5.91. The van der Waals surface area contributed by atoms with E-state index in [1.165, 1.54) is 14.8 Å². The predicted molar refractivity (Wildman–Crippen MR) is 198 cm³/mol. The van der Waals surface area contributed by atoms with Crippen LogP contribution in [0.2, 0.25) is 0 Å². The fraction of sp³-hybridized carbons (Fsp3) is 0.436. The number of nitrogens with zero attached hydrogens (tertiary/aromatic N) is 8. The number of amides is 4. The molecule has 2 N–H and O–H groups in total. The van der Waals surface area contributed by atoms with Crippen molar-refractivity contribution < 1.29 is 28.3 Å². The van der Waals surface area contributed by atoms with E-state index in [0.29, 0.717) is 11.7 Å². The Kier molecular flexibility index (Phi) is 11.1. The first-order chi connectivity index (χ1) is 26.1. The number of hydrazine groups is 1. The molecule has 5 heterocycles. The van der Waals surface area contributed by atoms with Gasteiger partial charge in [0.25, 0.3) is 0 Å². The number of rotatable bonds is 11. The summed E-state index contributed by atoms with van der Waals surface area (Å²) >= 11 is 0. The number of carbonyl (C=O) groups excluding carboxylic acids is 3. The Labute approximate surface area is 314 Å². The van der Waals surface area contributed by atoms with Gasteiger partial charge in [0.15, 0.2) is 0 Å². The Bertz CT molecular complexity index is 1830. The molecule has 4 saturated heterocycles. The standard InChI is InChI=1S/C39H47F2N9O4/c1-3-13-48-26-37(52)49-34(20-31-32(40)18-30(51)19-33(31)41)38(53)47(25-36(49)50(48)39(54)42-21-27-9-6-5-7-10-27)22-28-11-8-12-35(43-28)46-23-29(24-46)45-16-14-44(4-2)15-17-45/h3,5-12,18-19,29,34,36,51H,1,4,13-17,20-26H2,2H3,(H,42,54)/t34-,36-/m0/s1. The maximum absolute atomic E-state index is 15.2. The van der Waals surface area contributed by atoms with E-state index in [9.17, 15) is 19.5 Å². The Morgan fingerprint density at radius 1 is 1.00 bits per heavy atom. The van der Waals surface area contributed by atoms with Crippen LogP contribution in [0, 0.1) is 11.6 Å². The normalized spacial score (nSPS) is 21.6. The number of halogens is 2. The first-order valence-corrected chi connectivity index (χ1v) is 18.5. The minimum absolute atomic E-state index is 0.0411. The lowest BCUT2D eigenvalue weighted by Crippen LogP contribution is -2.76. The molecule has 4 amide bonds. The topological polar surface area (TPSA) is 119 Å². The molecule has 4 aliphatic heterocycles. The molecule has 15 heteroatoms. The molecule has 54 heavy (non-hydrogen) atoms. The van der Waals surface area contributed by atoms with E-state index in [0.717, 1.165) is 69.3 Å². The fourth-order valence-corrected chi connectivity index (χ4v) is 7.92. The largest absolute Gasteiger partial charge is 0.508 e. The van der Waals surface area contributed by atoms with Crippen molar-refractivity contribution in [3.05, 3.63) is 102 Å². The Morgan fingerprint density at radius 2 is 1.72 bits per heavy atom. The van der Waals surface area contributed by atoms with Crippen LogP contribution in [0.1, 0.15) is 23.7 Å². The summed E-state index contributed by atoms with van der Waals surface area (Å²) in [5.41, 5.74) is 1.01. The maximum Gasteiger partial charge on any atom is 0.334 e. The number of hydrogen-bond acceptors (Lipinski definition) is 9. The molecule has 0 aliphatic carbocycles. The molecule has 0 spiro atoms. The van der Waals surface area contributed by atoms with Crippen LogP contribution < -0.4 is 10.2 Å². The molecule has 3 aromatic rings. The maximum atomic E-state index is 15.2. The van der Waals surface area contributed by atoms with E-state index in [1.54, 1.807) is 11.1 Å². The van der Waals surface area contributed by atoms with Crippen LogP contribution >= 0.6 is 0 Å². The average molecular weight is 744 g/mol. The van der Waals surface area contributed by atoms with Crippen LogP contribution in [0.4, 0.5) is 19.4 Å². The van der Waals surface area contributed by atoms with E-state index in [2.05, 4.69) is 33.5 Å². The zero-order valence-electron chi connectivity index (χ0n) is 30.5. The number of aromatic hydroxyl groups is 1. The predicted octanol–water partition coefficient (Wildman–Crippen LogP) is 2.63. The third-order valence-corrected chi connectivity index (χ3v) is 10.9. The highest BCUT2D eigenvalue weighted by atomic mass is 19.1. The number of pyridine rings is 1. The summed E-state index contributed by atoms with van der Waals surface area (Å²) in [6.07, 6.45) is 0.0533. The van der Waals surface area contributed by atoms with Gasteiger partial charge in [0.05, 0.1) is 25.3 Å². The molecular weight excluding hydrogens is 696 g/mol. The average Bonchev–Trinajstić information content (AvgIpc) is 3.14. The minimum atomic E-state index is -1.35. The Hall–Kier alpha value is -5.12. The summed E-state index contributed by atoms with van der Waals surface area (Å²) in [5.74, 6) is -2.90. The number of benzene rings is 2. The molecule has 7 rings (SSSR count). The van der Waals surface area contributed by atoms with Gasteiger partial charge in [0.1, 0.15) is 35.4 Å². The van der Waals surface area contributed by atoms with Gasteiger partial charge in [-0.25, -0.2) is 28.6 Å². The second-order valence-electron chi connectivity index (χ2n) is 14.2. The molecule has 13 nitrogen and oxygen atoms in total. The SMILES string of the molecule is C=CCN1CC(=O)N2[C@@H](Cc3c(F)cc(O)cc3F)C(=O)N(Cc3cccc(N4CC(N5CCN(CC)CC5)C4)n3)C[C@@H]2N1C(=O)NCc1ccccc1. The molecule has 0 unspecified atom stereocenters. The molecule has 2 aromatic carbocycles. The highest BCUT2D eigenvalue weighted by Crippen LogP contribution is 2.32. The quantitative estimate of drug-likeness (QED) is 0.286. The third-order valence-electron chi connectivity index (χ3n) is 10.9. The molecule has 0 bridgehead atoms. The summed E-state index contributed by atoms with van der Waals surface area (Å²) in [6.45, 7) is 13.1. The first kappa shape index (κ1) is 37.2. The smallest absolute Gasteiger partial charge is 0.334 e. The van der Waals surface area contributed by atoms with Crippen LogP contribution in [-0.4, -0.2) is 141 Å². The van der Waals surface area contributed by atoms with Crippen LogP contribution in [-0.2, 0) is 29.1 Å². The molecule has 0 saturated carbocycles. The second kappa shape index (κ2) is 16.1. The number of piperazine rings is 2. The second-order valence-corrected chi connectivity index (χ2v) is 14.2. The number of carbonyl (C=O) groups is 3. The van der Waals surface area contributed by atoms with Gasteiger partial charge in [-0.3, -0.25) is 14.5 Å². The minimum Gasteiger partial charge on any atom is -0.508 e. The van der Waals surface area contributed by atoms with E-state index in [1.807, 2.05) is 48.5 Å². The summed E-state index contributed by atoms with van der Waals surface area (Å²) in [7, 11) is 0. The molecule has 4 aliphatic rings. The van der Waals surface area contributed by atoms with E-state index < -0.39 is 59.4 Å². The van der Waals surface area contributed by atoms with Crippen molar-refractivity contribution in [3.8, 4) is 5.75 Å². The molecule has 1 aromatic heterocycles. The number of aromatic nitrogens is 1. The zero-order valence-corrected chi connectivity index (χ0v) is 30.5. The van der Waals surface area contributed by atoms with Crippen LogP contribution in [0.15, 0.2) is 73.3 Å². The lowest BCUT2D eigenvalue weighted by atomic mass is 9.97. The van der Waals surface area contributed by atoms with Crippen molar-refractivity contribution in [1.82, 2.24) is 39.9 Å². The molecular formula is C39H47F2N9O4. The third kappa shape index (κ3) is 7.74. The summed E-state index contributed by atoms with van der Waals surface area (Å²) in [4.78, 5) is 57.2. The van der Waals surface area contributed by atoms with Crippen LogP contribution in [0.25, 0.3) is 0 Å². The van der Waals surface area contributed by atoms with Gasteiger partial charge in [-0.2, -0.15) is 0 Å². The van der Waals surface area contributed by atoms with E-state index in [4.69, 9.17) is 4.98 Å². The zero-order chi connectivity index (χ0) is 37.9. The van der Waals surface area contributed by atoms with Crippen molar-refractivity contribution in [2.45, 2.75) is 44.7 Å². The summed E-state index contributed by atoms with van der Waals surface area (Å²) in [5, 5.41) is 15.7. The van der Waals surface area contributed by atoms with Gasteiger partial charge >= 0.3 is 6.03 Å². The number of likely N-dealkylation sites (N-methyl/N-ethyl adjacent to an activating group) is 1. The molecule has 0 radical (unpaired) electrons. The lowest BCUT2D eigenvalue weighted by molar-refractivity contribution is -0.189. The number of urea groups is 1. The van der Waals surface area contributed by atoms with Crippen molar-refractivity contribution >= 4 is 23.7 Å². The van der Waals surface area contributed by atoms with Crippen molar-refractivity contribution in [3.63, 3.8) is 0 Å². The summed E-state index contributed by atoms with van der Waals surface area (Å²) in [6, 6.07) is 15.1. The Morgan fingerprint density at radius 3 is 2.41 bits per heavy atom. The first-order valence-electron chi connectivity index (χ1n) is 18.5.